The molecule has 0 unspecified atom stereocenters. The fourth-order valence-electron chi connectivity index (χ4n) is 12.3. The summed E-state index contributed by atoms with van der Waals surface area (Å²) in [6, 6.07) is 38.2. The number of hydrogen-bond donors (Lipinski definition) is 0. The monoisotopic (exact) mass is 1210 g/mol. The summed E-state index contributed by atoms with van der Waals surface area (Å²) >= 11 is 0. The Morgan fingerprint density at radius 2 is 1.27 bits per heavy atom. The molecule has 78 heavy (non-hydrogen) atoms. The van der Waals surface area contributed by atoms with Crippen LogP contribution >= 0.6 is 0 Å². The molecule has 0 bridgehead atoms. The largest absolute Gasteiger partial charge is 0.509 e. The van der Waals surface area contributed by atoms with Gasteiger partial charge < -0.3 is 23.9 Å². The van der Waals surface area contributed by atoms with Gasteiger partial charge >= 0.3 is 6.85 Å². The molecule has 5 heterocycles. The van der Waals surface area contributed by atoms with Gasteiger partial charge in [-0.1, -0.05) is 160 Å². The van der Waals surface area contributed by atoms with Gasteiger partial charge in [-0.3, -0.25) is 0 Å². The molecule has 0 spiro atoms. The number of hydrogen-bond acceptors (Lipinski definition) is 5. The number of benzene rings is 6. The summed E-state index contributed by atoms with van der Waals surface area (Å²) in [5, 5.41) is 2.11. The number of pyridine rings is 1. The number of anilines is 3. The molecule has 396 valence electrons. The van der Waals surface area contributed by atoms with Gasteiger partial charge in [-0.25, -0.2) is 4.98 Å². The summed E-state index contributed by atoms with van der Waals surface area (Å²) in [4.78, 5) is 11.1. The molecule has 2 aliphatic carbocycles. The minimum absolute atomic E-state index is 0. The number of nitrogens with zero attached hydrogens (tertiary/aromatic N) is 5. The summed E-state index contributed by atoms with van der Waals surface area (Å²) in [7, 11) is 0. The maximum Gasteiger partial charge on any atom is 0.313 e. The van der Waals surface area contributed by atoms with E-state index in [1.54, 1.807) is 0 Å². The molecule has 0 amide bonds. The number of allylic oxidation sites excluding steroid dienone is 3. The smallest absolute Gasteiger partial charge is 0.313 e. The molecule has 0 atom stereocenters. The van der Waals surface area contributed by atoms with Gasteiger partial charge in [0.2, 0.25) is 0 Å². The van der Waals surface area contributed by atoms with Gasteiger partial charge in [0.05, 0.1) is 13.9 Å². The Morgan fingerprint density at radius 3 is 1.97 bits per heavy atom. The van der Waals surface area contributed by atoms with Crippen molar-refractivity contribution in [2.45, 2.75) is 129 Å². The average molecular weight is 1210 g/mol. The van der Waals surface area contributed by atoms with Crippen molar-refractivity contribution < 1.29 is 34.0 Å². The van der Waals surface area contributed by atoms with E-state index >= 15 is 0 Å². The van der Waals surface area contributed by atoms with Crippen molar-refractivity contribution in [3.63, 3.8) is 0 Å². The van der Waals surface area contributed by atoms with Gasteiger partial charge in [-0.2, -0.15) is 12.1 Å². The summed E-state index contributed by atoms with van der Waals surface area (Å²) in [5.74, 6) is 5.91. The van der Waals surface area contributed by atoms with Crippen LogP contribution in [0.2, 0.25) is 0 Å². The molecular weight excluding hydrogens is 1130 g/mol. The van der Waals surface area contributed by atoms with Crippen molar-refractivity contribution in [1.82, 2.24) is 14.4 Å². The Balaban J connectivity index is 0.00000694. The van der Waals surface area contributed by atoms with Gasteiger partial charge in [0.15, 0.2) is 0 Å². The molecule has 0 radical (unpaired) electrons. The molecule has 13 rings (SSSR count). The zero-order chi connectivity index (χ0) is 58.6. The Morgan fingerprint density at radius 1 is 0.641 bits per heavy atom. The fraction of sp³-hybridized carbons (Fsp3) is 0.286. The number of ether oxygens (including phenoxy) is 1. The van der Waals surface area contributed by atoms with Crippen molar-refractivity contribution in [2.75, 3.05) is 9.80 Å². The third-order valence-corrected chi connectivity index (χ3v) is 17.2. The molecule has 8 heteroatoms. The SMILES string of the molecule is [2H]c1c([2H])c2c(c([2H])c1C1=CB3C=CC=CN3C(c3c([2H])c([2H])c4c(c3[2H])C(C)(C)CCC4(C)C)=C1N1[CH-]N(c3[c-]c(Oc4[c-]c5c(cc4)c4ccccc4n5-c4cc(C(C)(C)C)ccn4)ccc3)c3ccccc31)C(C)(C)CCC2(C)C.[Pt]. The summed E-state index contributed by atoms with van der Waals surface area (Å²) in [6.07, 6.45) is 11.0. The number of aromatic nitrogens is 2. The van der Waals surface area contributed by atoms with Crippen molar-refractivity contribution in [2.24, 2.45) is 0 Å². The molecule has 6 nitrogen and oxygen atoms in total. The fourth-order valence-corrected chi connectivity index (χ4v) is 12.3. The molecule has 0 N–H and O–H groups in total. The van der Waals surface area contributed by atoms with Crippen molar-refractivity contribution in [3.8, 4) is 17.3 Å². The van der Waals surface area contributed by atoms with E-state index < -0.39 is 28.5 Å². The van der Waals surface area contributed by atoms with E-state index in [0.29, 0.717) is 45.3 Å². The van der Waals surface area contributed by atoms with Crippen LogP contribution in [-0.2, 0) is 48.1 Å². The zero-order valence-corrected chi connectivity index (χ0v) is 48.8. The second-order valence-electron chi connectivity index (χ2n) is 25.4. The minimum atomic E-state index is -0.478. The Labute approximate surface area is 486 Å². The molecule has 5 aliphatic rings. The van der Waals surface area contributed by atoms with Gasteiger partial charge in [-0.05, 0) is 151 Å². The third kappa shape index (κ3) is 8.62. The van der Waals surface area contributed by atoms with Crippen molar-refractivity contribution in [3.05, 3.63) is 227 Å². The number of rotatable bonds is 7. The van der Waals surface area contributed by atoms with E-state index in [0.717, 1.165) is 86.9 Å². The van der Waals surface area contributed by atoms with Crippen LogP contribution in [0.15, 0.2) is 169 Å². The van der Waals surface area contributed by atoms with Gasteiger partial charge in [0.25, 0.3) is 0 Å². The zero-order valence-electron chi connectivity index (χ0n) is 52.6. The Bertz CT molecular complexity index is 4220. The van der Waals surface area contributed by atoms with Crippen LogP contribution in [0.3, 0.4) is 0 Å². The summed E-state index contributed by atoms with van der Waals surface area (Å²) in [5.41, 5.74) is 8.66. The summed E-state index contributed by atoms with van der Waals surface area (Å²) in [6.45, 7) is 25.3. The molecule has 0 saturated carbocycles. The molecule has 8 aromatic rings. The molecule has 0 saturated heterocycles. The standard InChI is InChI=1S/C70H69BN5O.Pt/c1-66(2,3)48-31-37-72-63(41-48)76-59-22-13-12-21-52(59)53-28-27-51(43-62(53)76)77-50-20-18-19-49(42-50)73-45-74(61-24-15-14-23-60(61)73)65-54(46-25-29-55-57(39-46)69(8,9)34-32-67(55,4)5)44-71-36-16-17-38-75(71)64(65)47-26-30-56-58(40-47)70(10,11)35-33-68(56,6)7;/h12-31,36-41,44-45H,32-35H2,1-11H3;/q-3;/i25D,26D,29D,30D,39D,40D;. The van der Waals surface area contributed by atoms with Gasteiger partial charge in [-0.15, -0.1) is 48.1 Å². The first-order valence-electron chi connectivity index (χ1n) is 30.3. The van der Waals surface area contributed by atoms with Crippen LogP contribution in [0.4, 0.5) is 17.1 Å². The maximum absolute atomic E-state index is 10.5. The molecule has 6 aromatic carbocycles. The third-order valence-electron chi connectivity index (χ3n) is 17.2. The van der Waals surface area contributed by atoms with Gasteiger partial charge in [0.1, 0.15) is 5.82 Å². The van der Waals surface area contributed by atoms with Crippen LogP contribution in [0.25, 0.3) is 38.9 Å². The second-order valence-corrected chi connectivity index (χ2v) is 25.4. The molecular formula is C70H69BN5OPt-3. The van der Waals surface area contributed by atoms with E-state index in [2.05, 4.69) is 156 Å². The van der Waals surface area contributed by atoms with Crippen molar-refractivity contribution >= 4 is 57.0 Å². The summed E-state index contributed by atoms with van der Waals surface area (Å²) < 4.78 is 70.1. The first kappa shape index (κ1) is 45.1. The topological polar surface area (TPSA) is 36.8 Å². The average Bonchev–Trinajstić information content (AvgIpc) is 0.835. The van der Waals surface area contributed by atoms with Crippen LogP contribution in [-0.4, -0.2) is 21.2 Å². The van der Waals surface area contributed by atoms with E-state index in [1.807, 2.05) is 85.8 Å². The Hall–Kier alpha value is -6.82. The predicted molar refractivity (Wildman–Crippen MR) is 321 cm³/mol. The number of fused-ring (bicyclic) bond motifs is 7. The van der Waals surface area contributed by atoms with E-state index in [9.17, 15) is 8.22 Å². The Kier molecular flexibility index (Phi) is 10.8. The van der Waals surface area contributed by atoms with Crippen LogP contribution < -0.4 is 14.5 Å². The first-order chi connectivity index (χ1) is 39.3. The van der Waals surface area contributed by atoms with Crippen LogP contribution in [0, 0.1) is 18.8 Å². The van der Waals surface area contributed by atoms with E-state index in [1.165, 1.54) is 5.56 Å². The van der Waals surface area contributed by atoms with Crippen LogP contribution in [0.1, 0.15) is 149 Å². The van der Waals surface area contributed by atoms with E-state index in [4.69, 9.17) is 9.72 Å². The quantitative estimate of drug-likeness (QED) is 0.117. The molecule has 3 aliphatic heterocycles. The normalized spacial score (nSPS) is 19.7. The minimum Gasteiger partial charge on any atom is -0.509 e. The molecule has 0 fully saturated rings. The van der Waals surface area contributed by atoms with Gasteiger partial charge in [0, 0.05) is 61.3 Å². The maximum atomic E-state index is 10.5. The van der Waals surface area contributed by atoms with Crippen LogP contribution in [0.5, 0.6) is 11.5 Å². The van der Waals surface area contributed by atoms with Crippen molar-refractivity contribution in [1.29, 1.82) is 0 Å². The predicted octanol–water partition coefficient (Wildman–Crippen LogP) is 17.6. The first-order valence-corrected chi connectivity index (χ1v) is 27.3. The van der Waals surface area contributed by atoms with E-state index in [-0.39, 0.29) is 62.7 Å². The number of para-hydroxylation sites is 3. The molecule has 2 aromatic heterocycles. The second kappa shape index (κ2) is 18.7.